The van der Waals surface area contributed by atoms with Crippen molar-refractivity contribution in [1.29, 1.82) is 0 Å². The molecule has 0 atom stereocenters. The number of ether oxygens (including phenoxy) is 1. The average Bonchev–Trinajstić information content (AvgIpc) is 2.43. The minimum atomic E-state index is 0.873. The fourth-order valence-electron chi connectivity index (χ4n) is 2.20. The van der Waals surface area contributed by atoms with Crippen LogP contribution in [-0.2, 0) is 13.1 Å². The Bertz CT molecular complexity index is 511. The molecule has 0 spiro atoms. The molecule has 2 heteroatoms. The van der Waals surface area contributed by atoms with E-state index in [4.69, 9.17) is 4.74 Å². The largest absolute Gasteiger partial charge is 0.497 e. The highest BCUT2D eigenvalue weighted by molar-refractivity contribution is 5.33. The van der Waals surface area contributed by atoms with Crippen molar-refractivity contribution in [2.75, 3.05) is 7.11 Å². The van der Waals surface area contributed by atoms with Crippen molar-refractivity contribution >= 4 is 0 Å². The molecule has 0 bridgehead atoms. The van der Waals surface area contributed by atoms with Crippen molar-refractivity contribution in [1.82, 2.24) is 5.32 Å². The van der Waals surface area contributed by atoms with Crippen molar-refractivity contribution in [3.05, 3.63) is 64.7 Å². The molecule has 0 aliphatic carbocycles. The van der Waals surface area contributed by atoms with Gasteiger partial charge in [0.25, 0.3) is 0 Å². The minimum absolute atomic E-state index is 0.873. The van der Waals surface area contributed by atoms with E-state index in [1.54, 1.807) is 7.11 Å². The Kier molecular flexibility index (Phi) is 4.58. The van der Waals surface area contributed by atoms with Crippen LogP contribution >= 0.6 is 0 Å². The van der Waals surface area contributed by atoms with Crippen LogP contribution in [0.4, 0.5) is 0 Å². The fourth-order valence-corrected chi connectivity index (χ4v) is 2.20. The van der Waals surface area contributed by atoms with Gasteiger partial charge >= 0.3 is 0 Å². The summed E-state index contributed by atoms with van der Waals surface area (Å²) in [6.45, 7) is 6.11. The van der Waals surface area contributed by atoms with Gasteiger partial charge in [-0.3, -0.25) is 0 Å². The van der Waals surface area contributed by atoms with Crippen LogP contribution in [-0.4, -0.2) is 7.11 Å². The molecule has 2 aromatic carbocycles. The summed E-state index contributed by atoms with van der Waals surface area (Å²) in [5, 5.41) is 3.50. The number of methoxy groups -OCH3 is 1. The van der Waals surface area contributed by atoms with Gasteiger partial charge in [-0.2, -0.15) is 0 Å². The lowest BCUT2D eigenvalue weighted by Crippen LogP contribution is -2.14. The zero-order chi connectivity index (χ0) is 13.7. The molecule has 0 fully saturated rings. The summed E-state index contributed by atoms with van der Waals surface area (Å²) in [6, 6.07) is 14.6. The Morgan fingerprint density at radius 3 is 2.11 bits per heavy atom. The molecule has 100 valence electrons. The van der Waals surface area contributed by atoms with E-state index in [-0.39, 0.29) is 0 Å². The van der Waals surface area contributed by atoms with Gasteiger partial charge in [0.2, 0.25) is 0 Å². The predicted molar refractivity (Wildman–Crippen MR) is 79.5 cm³/mol. The van der Waals surface area contributed by atoms with Gasteiger partial charge in [-0.1, -0.05) is 30.3 Å². The van der Waals surface area contributed by atoms with Crippen molar-refractivity contribution in [3.63, 3.8) is 0 Å². The van der Waals surface area contributed by atoms with E-state index >= 15 is 0 Å². The lowest BCUT2D eigenvalue weighted by molar-refractivity contribution is 0.414. The maximum absolute atomic E-state index is 5.15. The van der Waals surface area contributed by atoms with Gasteiger partial charge in [0.1, 0.15) is 5.75 Å². The van der Waals surface area contributed by atoms with Crippen molar-refractivity contribution in [2.45, 2.75) is 26.9 Å². The molecule has 0 unspecified atom stereocenters. The summed E-state index contributed by atoms with van der Waals surface area (Å²) >= 11 is 0. The molecule has 0 radical (unpaired) electrons. The Labute approximate surface area is 115 Å². The standard InChI is InChI=1S/C17H21NO/c1-13-5-4-6-14(2)17(13)12-18-11-15-7-9-16(19-3)10-8-15/h4-10,18H,11-12H2,1-3H3. The van der Waals surface area contributed by atoms with Gasteiger partial charge in [-0.15, -0.1) is 0 Å². The molecule has 0 aromatic heterocycles. The second kappa shape index (κ2) is 6.39. The number of aryl methyl sites for hydroxylation is 2. The summed E-state index contributed by atoms with van der Waals surface area (Å²) in [5.41, 5.74) is 5.37. The monoisotopic (exact) mass is 255 g/mol. The maximum atomic E-state index is 5.15. The maximum Gasteiger partial charge on any atom is 0.118 e. The zero-order valence-corrected chi connectivity index (χ0v) is 11.9. The molecule has 0 aliphatic heterocycles. The first-order valence-corrected chi connectivity index (χ1v) is 6.59. The third-order valence-electron chi connectivity index (χ3n) is 3.43. The van der Waals surface area contributed by atoms with E-state index in [9.17, 15) is 0 Å². The Balaban J connectivity index is 1.92. The predicted octanol–water partition coefficient (Wildman–Crippen LogP) is 3.60. The molecule has 2 nitrogen and oxygen atoms in total. The number of nitrogens with one attached hydrogen (secondary N) is 1. The molecule has 0 amide bonds. The molecule has 0 heterocycles. The lowest BCUT2D eigenvalue weighted by Gasteiger charge is -2.11. The summed E-state index contributed by atoms with van der Waals surface area (Å²) in [7, 11) is 1.69. The van der Waals surface area contributed by atoms with Gasteiger partial charge in [-0.05, 0) is 48.2 Å². The third kappa shape index (κ3) is 3.58. The molecular weight excluding hydrogens is 234 g/mol. The van der Waals surface area contributed by atoms with Gasteiger partial charge in [0.15, 0.2) is 0 Å². The van der Waals surface area contributed by atoms with Gasteiger partial charge < -0.3 is 10.1 Å². The summed E-state index contributed by atoms with van der Waals surface area (Å²) in [5.74, 6) is 0.901. The SMILES string of the molecule is COc1ccc(CNCc2c(C)cccc2C)cc1. The van der Waals surface area contributed by atoms with Gasteiger partial charge in [0.05, 0.1) is 7.11 Å². The highest BCUT2D eigenvalue weighted by atomic mass is 16.5. The molecule has 19 heavy (non-hydrogen) atoms. The first-order valence-electron chi connectivity index (χ1n) is 6.59. The van der Waals surface area contributed by atoms with Crippen LogP contribution in [0.25, 0.3) is 0 Å². The lowest BCUT2D eigenvalue weighted by atomic mass is 10.0. The number of hydrogen-bond donors (Lipinski definition) is 1. The molecule has 0 saturated heterocycles. The van der Waals surface area contributed by atoms with Crippen molar-refractivity contribution < 1.29 is 4.74 Å². The van der Waals surface area contributed by atoms with E-state index in [1.165, 1.54) is 22.3 Å². The van der Waals surface area contributed by atoms with Gasteiger partial charge in [0, 0.05) is 13.1 Å². The smallest absolute Gasteiger partial charge is 0.118 e. The first-order chi connectivity index (χ1) is 9.20. The molecule has 0 saturated carbocycles. The number of benzene rings is 2. The molecule has 0 aliphatic rings. The Morgan fingerprint density at radius 2 is 1.53 bits per heavy atom. The van der Waals surface area contributed by atoms with E-state index in [1.807, 2.05) is 12.1 Å². The van der Waals surface area contributed by atoms with Crippen LogP contribution in [0.5, 0.6) is 5.75 Å². The highest BCUT2D eigenvalue weighted by Gasteiger charge is 2.01. The number of hydrogen-bond acceptors (Lipinski definition) is 2. The molecule has 2 rings (SSSR count). The van der Waals surface area contributed by atoms with E-state index in [0.717, 1.165) is 18.8 Å². The van der Waals surface area contributed by atoms with Crippen molar-refractivity contribution in [2.24, 2.45) is 0 Å². The Morgan fingerprint density at radius 1 is 0.895 bits per heavy atom. The minimum Gasteiger partial charge on any atom is -0.497 e. The molecule has 2 aromatic rings. The molecule has 1 N–H and O–H groups in total. The second-order valence-corrected chi connectivity index (χ2v) is 4.82. The van der Waals surface area contributed by atoms with Crippen LogP contribution in [0.1, 0.15) is 22.3 Å². The summed E-state index contributed by atoms with van der Waals surface area (Å²) < 4.78 is 5.15. The quantitative estimate of drug-likeness (QED) is 0.881. The normalized spacial score (nSPS) is 10.5. The third-order valence-corrected chi connectivity index (χ3v) is 3.43. The average molecular weight is 255 g/mol. The van der Waals surface area contributed by atoms with E-state index < -0.39 is 0 Å². The highest BCUT2D eigenvalue weighted by Crippen LogP contribution is 2.14. The van der Waals surface area contributed by atoms with Crippen LogP contribution in [0.2, 0.25) is 0 Å². The zero-order valence-electron chi connectivity index (χ0n) is 11.9. The Hall–Kier alpha value is -1.80. The van der Waals surface area contributed by atoms with Crippen LogP contribution in [0.3, 0.4) is 0 Å². The van der Waals surface area contributed by atoms with Gasteiger partial charge in [-0.25, -0.2) is 0 Å². The van der Waals surface area contributed by atoms with Crippen LogP contribution in [0.15, 0.2) is 42.5 Å². The molecular formula is C17H21NO. The fraction of sp³-hybridized carbons (Fsp3) is 0.294. The van der Waals surface area contributed by atoms with Crippen LogP contribution in [0, 0.1) is 13.8 Å². The summed E-state index contributed by atoms with van der Waals surface area (Å²) in [6.07, 6.45) is 0. The van der Waals surface area contributed by atoms with Crippen LogP contribution < -0.4 is 10.1 Å². The number of rotatable bonds is 5. The second-order valence-electron chi connectivity index (χ2n) is 4.82. The topological polar surface area (TPSA) is 21.3 Å². The first kappa shape index (κ1) is 13.6. The van der Waals surface area contributed by atoms with Crippen molar-refractivity contribution in [3.8, 4) is 5.75 Å². The van der Waals surface area contributed by atoms with E-state index in [2.05, 4.69) is 49.5 Å². The summed E-state index contributed by atoms with van der Waals surface area (Å²) in [4.78, 5) is 0. The van der Waals surface area contributed by atoms with E-state index in [0.29, 0.717) is 0 Å².